The van der Waals surface area contributed by atoms with Crippen molar-refractivity contribution in [2.45, 2.75) is 61.2 Å². The van der Waals surface area contributed by atoms with Gasteiger partial charge in [-0.2, -0.15) is 0 Å². The maximum absolute atomic E-state index is 4.42. The van der Waals surface area contributed by atoms with E-state index in [1.165, 1.54) is 11.1 Å². The zero-order valence-electron chi connectivity index (χ0n) is 13.9. The molecule has 22 heavy (non-hydrogen) atoms. The van der Waals surface area contributed by atoms with Gasteiger partial charge in [-0.05, 0) is 48.2 Å². The molecule has 2 heteroatoms. The van der Waals surface area contributed by atoms with E-state index in [-0.39, 0.29) is 10.8 Å². The van der Waals surface area contributed by atoms with Crippen molar-refractivity contribution in [1.82, 2.24) is 0 Å². The van der Waals surface area contributed by atoms with Gasteiger partial charge in [0, 0.05) is 20.6 Å². The summed E-state index contributed by atoms with van der Waals surface area (Å²) in [5.74, 6) is 0. The van der Waals surface area contributed by atoms with Gasteiger partial charge in [0.05, 0.1) is 0 Å². The number of benzene rings is 2. The Morgan fingerprint density at radius 1 is 0.636 bits per heavy atom. The summed E-state index contributed by atoms with van der Waals surface area (Å²) < 4.78 is 0. The summed E-state index contributed by atoms with van der Waals surface area (Å²) >= 11 is 8.85. The first-order chi connectivity index (χ1) is 10.4. The fraction of sp³-hybridized carbons (Fsp3) is 0.400. The highest BCUT2D eigenvalue weighted by molar-refractivity contribution is 7.80. The van der Waals surface area contributed by atoms with Crippen LogP contribution in [-0.2, 0) is 10.8 Å². The molecule has 0 N–H and O–H groups in total. The molecule has 0 aliphatic heterocycles. The predicted molar refractivity (Wildman–Crippen MR) is 103 cm³/mol. The van der Waals surface area contributed by atoms with E-state index < -0.39 is 0 Å². The SMILES string of the molecule is CCC(C)(c1ccc(S)cc1)C(C)(CC)c1ccc(S)cc1. The fourth-order valence-corrected chi connectivity index (χ4v) is 3.78. The molecule has 0 aliphatic rings. The molecule has 0 nitrogen and oxygen atoms in total. The van der Waals surface area contributed by atoms with Gasteiger partial charge in [0.2, 0.25) is 0 Å². The Labute approximate surface area is 146 Å². The van der Waals surface area contributed by atoms with Crippen LogP contribution in [0.3, 0.4) is 0 Å². The zero-order chi connectivity index (χ0) is 16.4. The minimum absolute atomic E-state index is 0.0708. The van der Waals surface area contributed by atoms with Crippen LogP contribution < -0.4 is 0 Å². The van der Waals surface area contributed by atoms with Crippen LogP contribution in [0.2, 0.25) is 0 Å². The van der Waals surface area contributed by atoms with E-state index in [2.05, 4.69) is 101 Å². The summed E-state index contributed by atoms with van der Waals surface area (Å²) in [5, 5.41) is 0. The minimum Gasteiger partial charge on any atom is -0.143 e. The van der Waals surface area contributed by atoms with Crippen LogP contribution in [0.4, 0.5) is 0 Å². The third-order valence-electron chi connectivity index (χ3n) is 5.64. The Kier molecular flexibility index (Phi) is 5.34. The van der Waals surface area contributed by atoms with E-state index in [0.29, 0.717) is 0 Å². The quantitative estimate of drug-likeness (QED) is 0.591. The second-order valence-corrected chi connectivity index (χ2v) is 7.50. The lowest BCUT2D eigenvalue weighted by Gasteiger charge is -2.47. The molecule has 2 aromatic rings. The molecular weight excluding hydrogens is 304 g/mol. The number of hydrogen-bond acceptors (Lipinski definition) is 2. The predicted octanol–water partition coefficient (Wildman–Crippen LogP) is 6.30. The standard InChI is InChI=1S/C20H26S2/c1-5-19(3,15-7-11-17(21)12-8-15)20(4,6-2)16-9-13-18(22)14-10-16/h7-14,21-22H,5-6H2,1-4H3. The molecule has 2 unspecified atom stereocenters. The summed E-state index contributed by atoms with van der Waals surface area (Å²) in [6, 6.07) is 17.3. The molecule has 0 aromatic heterocycles. The second kappa shape index (κ2) is 6.72. The lowest BCUT2D eigenvalue weighted by molar-refractivity contribution is 0.234. The average Bonchev–Trinajstić information content (AvgIpc) is 2.54. The van der Waals surface area contributed by atoms with Gasteiger partial charge in [0.15, 0.2) is 0 Å². The van der Waals surface area contributed by atoms with Crippen molar-refractivity contribution in [2.24, 2.45) is 0 Å². The first-order valence-electron chi connectivity index (χ1n) is 7.96. The van der Waals surface area contributed by atoms with Gasteiger partial charge in [0.1, 0.15) is 0 Å². The third kappa shape index (κ3) is 2.96. The highest BCUT2D eigenvalue weighted by atomic mass is 32.1. The Bertz CT molecular complexity index is 558. The van der Waals surface area contributed by atoms with E-state index in [1.807, 2.05) is 0 Å². The zero-order valence-corrected chi connectivity index (χ0v) is 15.7. The smallest absolute Gasteiger partial charge is 0.00401 e. The third-order valence-corrected chi connectivity index (χ3v) is 6.24. The maximum atomic E-state index is 4.42. The Balaban J connectivity index is 2.57. The Morgan fingerprint density at radius 3 is 1.14 bits per heavy atom. The highest BCUT2D eigenvalue weighted by Crippen LogP contribution is 2.48. The van der Waals surface area contributed by atoms with E-state index in [1.54, 1.807) is 0 Å². The van der Waals surface area contributed by atoms with Crippen molar-refractivity contribution in [2.75, 3.05) is 0 Å². The maximum Gasteiger partial charge on any atom is 0.00401 e. The average molecular weight is 331 g/mol. The highest BCUT2D eigenvalue weighted by Gasteiger charge is 2.44. The topological polar surface area (TPSA) is 0 Å². The van der Waals surface area contributed by atoms with E-state index in [0.717, 1.165) is 22.6 Å². The van der Waals surface area contributed by atoms with E-state index in [9.17, 15) is 0 Å². The van der Waals surface area contributed by atoms with Gasteiger partial charge in [-0.25, -0.2) is 0 Å². The number of hydrogen-bond donors (Lipinski definition) is 2. The van der Waals surface area contributed by atoms with Gasteiger partial charge in [-0.1, -0.05) is 52.0 Å². The number of thiol groups is 2. The van der Waals surface area contributed by atoms with Crippen LogP contribution in [0.25, 0.3) is 0 Å². The van der Waals surface area contributed by atoms with Gasteiger partial charge in [-0.3, -0.25) is 0 Å². The van der Waals surface area contributed by atoms with Crippen LogP contribution in [0, 0.1) is 0 Å². The Hall–Kier alpha value is -0.860. The molecule has 0 saturated heterocycles. The van der Waals surface area contributed by atoms with Crippen molar-refractivity contribution in [3.05, 3.63) is 59.7 Å². The van der Waals surface area contributed by atoms with Crippen LogP contribution in [0.15, 0.2) is 58.3 Å². The molecular formula is C20H26S2. The largest absolute Gasteiger partial charge is 0.143 e. The van der Waals surface area contributed by atoms with Crippen LogP contribution >= 0.6 is 25.3 Å². The first-order valence-corrected chi connectivity index (χ1v) is 8.86. The molecule has 0 fully saturated rings. The van der Waals surface area contributed by atoms with Crippen molar-refractivity contribution < 1.29 is 0 Å². The summed E-state index contributed by atoms with van der Waals surface area (Å²) in [4.78, 5) is 2.03. The van der Waals surface area contributed by atoms with Gasteiger partial charge < -0.3 is 0 Å². The van der Waals surface area contributed by atoms with Crippen LogP contribution in [0.1, 0.15) is 51.7 Å². The van der Waals surface area contributed by atoms with Crippen molar-refractivity contribution in [3.63, 3.8) is 0 Å². The van der Waals surface area contributed by atoms with Crippen molar-refractivity contribution >= 4 is 25.3 Å². The van der Waals surface area contributed by atoms with Crippen LogP contribution in [-0.4, -0.2) is 0 Å². The summed E-state index contributed by atoms with van der Waals surface area (Å²) in [6.07, 6.45) is 2.18. The lowest BCUT2D eigenvalue weighted by Crippen LogP contribution is -2.44. The van der Waals surface area contributed by atoms with Crippen molar-refractivity contribution in [1.29, 1.82) is 0 Å². The molecule has 0 bridgehead atoms. The van der Waals surface area contributed by atoms with E-state index in [4.69, 9.17) is 0 Å². The monoisotopic (exact) mass is 330 g/mol. The van der Waals surface area contributed by atoms with Gasteiger partial charge in [0.25, 0.3) is 0 Å². The van der Waals surface area contributed by atoms with E-state index >= 15 is 0 Å². The molecule has 0 aliphatic carbocycles. The molecule has 0 amide bonds. The minimum atomic E-state index is 0.0708. The molecule has 118 valence electrons. The van der Waals surface area contributed by atoms with Gasteiger partial charge in [-0.15, -0.1) is 25.3 Å². The molecule has 0 spiro atoms. The molecule has 0 saturated carbocycles. The molecule has 0 heterocycles. The molecule has 2 rings (SSSR count). The second-order valence-electron chi connectivity index (χ2n) is 6.47. The number of rotatable bonds is 5. The first kappa shape index (κ1) is 17.5. The van der Waals surface area contributed by atoms with Crippen molar-refractivity contribution in [3.8, 4) is 0 Å². The Morgan fingerprint density at radius 2 is 0.909 bits per heavy atom. The summed E-state index contributed by atoms with van der Waals surface area (Å²) in [6.45, 7) is 9.35. The summed E-state index contributed by atoms with van der Waals surface area (Å²) in [5.41, 5.74) is 2.90. The van der Waals surface area contributed by atoms with Crippen LogP contribution in [0.5, 0.6) is 0 Å². The molecule has 0 radical (unpaired) electrons. The molecule has 2 aromatic carbocycles. The van der Waals surface area contributed by atoms with Gasteiger partial charge >= 0.3 is 0 Å². The normalized spacial score (nSPS) is 16.8. The lowest BCUT2D eigenvalue weighted by atomic mass is 9.56. The summed E-state index contributed by atoms with van der Waals surface area (Å²) in [7, 11) is 0. The fourth-order valence-electron chi connectivity index (χ4n) is 3.48. The molecule has 2 atom stereocenters.